The number of likely N-dealkylation sites (tertiary alicyclic amines) is 1. The van der Waals surface area contributed by atoms with Crippen LogP contribution in [0.5, 0.6) is 0 Å². The van der Waals surface area contributed by atoms with Gasteiger partial charge in [0.1, 0.15) is 0 Å². The Morgan fingerprint density at radius 1 is 0.964 bits per heavy atom. The van der Waals surface area contributed by atoms with Gasteiger partial charge in [-0.3, -0.25) is 14.6 Å². The summed E-state index contributed by atoms with van der Waals surface area (Å²) in [7, 11) is 0. The first-order chi connectivity index (χ1) is 13.6. The second kappa shape index (κ2) is 6.99. The topological polar surface area (TPSA) is 47.0 Å². The van der Waals surface area contributed by atoms with Gasteiger partial charge in [0.15, 0.2) is 0 Å². The molecule has 1 N–H and O–H groups in total. The maximum Gasteiger partial charge on any atom is 0.253 e. The summed E-state index contributed by atoms with van der Waals surface area (Å²) in [6.07, 6.45) is 0.581. The highest BCUT2D eigenvalue weighted by atomic mass is 16.3. The first-order valence-electron chi connectivity index (χ1n) is 10.2. The van der Waals surface area contributed by atoms with Crippen molar-refractivity contribution in [1.82, 2.24) is 14.7 Å². The molecular weight excluding hydrogens is 350 g/mol. The molecule has 3 aliphatic heterocycles. The molecule has 3 heterocycles. The van der Waals surface area contributed by atoms with Gasteiger partial charge >= 0.3 is 0 Å². The van der Waals surface area contributed by atoms with Gasteiger partial charge in [-0.2, -0.15) is 0 Å². The van der Waals surface area contributed by atoms with Crippen LogP contribution >= 0.6 is 0 Å². The van der Waals surface area contributed by atoms with Crippen LogP contribution in [0.1, 0.15) is 22.3 Å². The van der Waals surface area contributed by atoms with Crippen molar-refractivity contribution in [2.75, 3.05) is 32.7 Å². The van der Waals surface area contributed by atoms with Crippen molar-refractivity contribution in [3.8, 4) is 0 Å². The fourth-order valence-electron chi connectivity index (χ4n) is 5.33. The number of β-amino-alcohol motifs (C(OH)–C–C–N with tert-alkyl or cyclic N) is 1. The van der Waals surface area contributed by atoms with E-state index in [1.165, 1.54) is 5.56 Å². The summed E-state index contributed by atoms with van der Waals surface area (Å²) in [6, 6.07) is 20.5. The minimum absolute atomic E-state index is 0.0282. The highest BCUT2D eigenvalue weighted by Gasteiger charge is 2.57. The number of hydrogen-bond acceptors (Lipinski definition) is 4. The summed E-state index contributed by atoms with van der Waals surface area (Å²) in [4.78, 5) is 19.8. The summed E-state index contributed by atoms with van der Waals surface area (Å²) in [5, 5.41) is 10.3. The van der Waals surface area contributed by atoms with Crippen LogP contribution in [0.4, 0.5) is 0 Å². The molecule has 2 aromatic rings. The van der Waals surface area contributed by atoms with Crippen LogP contribution in [0, 0.1) is 0 Å². The molecule has 2 aromatic carbocycles. The van der Waals surface area contributed by atoms with Crippen molar-refractivity contribution < 1.29 is 9.90 Å². The van der Waals surface area contributed by atoms with Crippen LogP contribution in [0.25, 0.3) is 0 Å². The maximum atomic E-state index is 12.8. The Kier molecular flexibility index (Phi) is 4.46. The average Bonchev–Trinajstić information content (AvgIpc) is 3.07. The van der Waals surface area contributed by atoms with Crippen LogP contribution in [0.2, 0.25) is 0 Å². The molecule has 3 aliphatic rings. The van der Waals surface area contributed by atoms with Gasteiger partial charge in [0, 0.05) is 50.9 Å². The van der Waals surface area contributed by atoms with Gasteiger partial charge < -0.3 is 10.0 Å². The Balaban J connectivity index is 1.33. The van der Waals surface area contributed by atoms with E-state index in [0.717, 1.165) is 51.3 Å². The third kappa shape index (κ3) is 3.13. The van der Waals surface area contributed by atoms with Crippen LogP contribution in [-0.2, 0) is 6.54 Å². The van der Waals surface area contributed by atoms with Crippen LogP contribution in [-0.4, -0.2) is 76.1 Å². The maximum absolute atomic E-state index is 12.8. The summed E-state index contributed by atoms with van der Waals surface area (Å²) in [5.74, 6) is 0.114. The van der Waals surface area contributed by atoms with Gasteiger partial charge in [-0.25, -0.2) is 0 Å². The smallest absolute Gasteiger partial charge is 0.253 e. The van der Waals surface area contributed by atoms with Gasteiger partial charge in [-0.05, 0) is 24.1 Å². The molecule has 5 rings (SSSR count). The third-order valence-corrected chi connectivity index (χ3v) is 6.52. The molecule has 146 valence electrons. The van der Waals surface area contributed by atoms with E-state index in [2.05, 4.69) is 40.1 Å². The van der Waals surface area contributed by atoms with Crippen molar-refractivity contribution in [2.45, 2.75) is 30.7 Å². The average molecular weight is 377 g/mol. The van der Waals surface area contributed by atoms with Crippen molar-refractivity contribution in [3.05, 3.63) is 71.8 Å². The number of carbonyl (C=O) groups is 1. The highest BCUT2D eigenvalue weighted by molar-refractivity contribution is 5.95. The van der Waals surface area contributed by atoms with Gasteiger partial charge in [0.2, 0.25) is 0 Å². The molecule has 3 fully saturated rings. The van der Waals surface area contributed by atoms with Gasteiger partial charge in [-0.15, -0.1) is 0 Å². The van der Waals surface area contributed by atoms with Crippen LogP contribution in [0.15, 0.2) is 60.7 Å². The molecule has 1 spiro atoms. The Morgan fingerprint density at radius 2 is 1.64 bits per heavy atom. The van der Waals surface area contributed by atoms with E-state index in [9.17, 15) is 9.90 Å². The molecule has 0 radical (unpaired) electrons. The third-order valence-electron chi connectivity index (χ3n) is 6.52. The molecular formula is C23H27N3O2. The molecule has 28 heavy (non-hydrogen) atoms. The minimum atomic E-state index is -0.252. The number of hydrogen-bond donors (Lipinski definition) is 1. The minimum Gasteiger partial charge on any atom is -0.392 e. The molecule has 2 atom stereocenters. The molecule has 0 aromatic heterocycles. The molecule has 1 amide bonds. The number of carbonyl (C=O) groups excluding carboxylic acids is 1. The molecule has 0 aliphatic carbocycles. The fraction of sp³-hybridized carbons (Fsp3) is 0.435. The lowest BCUT2D eigenvalue weighted by molar-refractivity contribution is -0.102. The van der Waals surface area contributed by atoms with Crippen molar-refractivity contribution >= 4 is 5.91 Å². The number of aliphatic hydroxyl groups excluding tert-OH is 1. The summed E-state index contributed by atoms with van der Waals surface area (Å²) < 4.78 is 0. The van der Waals surface area contributed by atoms with E-state index >= 15 is 0 Å². The normalized spacial score (nSPS) is 26.8. The highest BCUT2D eigenvalue weighted by Crippen LogP contribution is 2.39. The number of rotatable bonds is 3. The number of aliphatic hydroxyl groups is 1. The lowest BCUT2D eigenvalue weighted by atomic mass is 9.83. The quantitative estimate of drug-likeness (QED) is 0.887. The van der Waals surface area contributed by atoms with Crippen molar-refractivity contribution in [1.29, 1.82) is 0 Å². The first kappa shape index (κ1) is 17.9. The predicted octanol–water partition coefficient (Wildman–Crippen LogP) is 1.83. The summed E-state index contributed by atoms with van der Waals surface area (Å²) >= 11 is 0. The first-order valence-corrected chi connectivity index (χ1v) is 10.2. The van der Waals surface area contributed by atoms with E-state index < -0.39 is 0 Å². The Morgan fingerprint density at radius 3 is 2.36 bits per heavy atom. The van der Waals surface area contributed by atoms with Crippen molar-refractivity contribution in [3.63, 3.8) is 0 Å². The van der Waals surface area contributed by atoms with Gasteiger partial charge in [0.05, 0.1) is 11.6 Å². The lowest BCUT2D eigenvalue weighted by Crippen LogP contribution is -2.78. The van der Waals surface area contributed by atoms with Crippen LogP contribution < -0.4 is 0 Å². The number of benzene rings is 2. The monoisotopic (exact) mass is 377 g/mol. The Hall–Kier alpha value is -2.21. The van der Waals surface area contributed by atoms with E-state index in [1.807, 2.05) is 35.2 Å². The number of nitrogens with zero attached hydrogens (tertiary/aromatic N) is 3. The Labute approximate surface area is 166 Å². The zero-order valence-corrected chi connectivity index (χ0v) is 16.1. The second-order valence-electron chi connectivity index (χ2n) is 8.60. The van der Waals surface area contributed by atoms with Crippen LogP contribution in [0.3, 0.4) is 0 Å². The number of amides is 1. The van der Waals surface area contributed by atoms with E-state index in [1.54, 1.807) is 0 Å². The van der Waals surface area contributed by atoms with Gasteiger partial charge in [0.25, 0.3) is 5.91 Å². The predicted molar refractivity (Wildman–Crippen MR) is 108 cm³/mol. The van der Waals surface area contributed by atoms with Gasteiger partial charge in [-0.1, -0.05) is 48.5 Å². The zero-order valence-electron chi connectivity index (χ0n) is 16.1. The Bertz CT molecular complexity index is 835. The molecule has 5 heteroatoms. The SMILES string of the molecule is O=C(c1ccccc1)N1CC2(CN(Cc3ccccc3)C[C@@H]3C[C@@H](O)CN32)C1. The van der Waals surface area contributed by atoms with E-state index in [-0.39, 0.29) is 17.6 Å². The van der Waals surface area contributed by atoms with E-state index in [4.69, 9.17) is 0 Å². The summed E-state index contributed by atoms with van der Waals surface area (Å²) in [5.41, 5.74) is 2.05. The molecule has 3 saturated heterocycles. The van der Waals surface area contributed by atoms with E-state index in [0.29, 0.717) is 6.04 Å². The number of fused-ring (bicyclic) bond motifs is 2. The standard InChI is InChI=1S/C23H27N3O2/c27-21-11-20-13-24(12-18-7-3-1-4-8-18)15-23(26(20)14-21)16-25(17-23)22(28)19-9-5-2-6-10-19/h1-10,20-21,27H,11-17H2/t20-,21+/m0/s1. The number of piperazine rings is 1. The van der Waals surface area contributed by atoms with Crippen molar-refractivity contribution in [2.24, 2.45) is 0 Å². The lowest BCUT2D eigenvalue weighted by Gasteiger charge is -2.61. The zero-order chi connectivity index (χ0) is 19.1. The fourth-order valence-corrected chi connectivity index (χ4v) is 5.33. The molecule has 0 bridgehead atoms. The molecule has 0 saturated carbocycles. The summed E-state index contributed by atoms with van der Waals surface area (Å²) in [6.45, 7) is 5.08. The second-order valence-corrected chi connectivity index (χ2v) is 8.60. The largest absolute Gasteiger partial charge is 0.392 e. The molecule has 0 unspecified atom stereocenters. The molecule has 5 nitrogen and oxygen atoms in total.